The van der Waals surface area contributed by atoms with E-state index >= 15 is 0 Å². The number of hydrogen-bond acceptors (Lipinski definition) is 7. The van der Waals surface area contributed by atoms with E-state index in [9.17, 15) is 4.57 Å². The van der Waals surface area contributed by atoms with Crippen LogP contribution in [0.15, 0.2) is 0 Å². The summed E-state index contributed by atoms with van der Waals surface area (Å²) in [5.41, 5.74) is 0. The predicted octanol–water partition coefficient (Wildman–Crippen LogP) is -1.36. The van der Waals surface area contributed by atoms with E-state index in [1.54, 1.807) is 0 Å². The van der Waals surface area contributed by atoms with Crippen molar-refractivity contribution in [1.29, 1.82) is 0 Å². The first-order valence-corrected chi connectivity index (χ1v) is 5.89. The SMILES string of the molecule is O=C([O-])C(=O)[O-].O=[P+](OCCCl)OCCCl. The van der Waals surface area contributed by atoms with Gasteiger partial charge < -0.3 is 19.8 Å². The Bertz CT molecular complexity index is 213. The van der Waals surface area contributed by atoms with Crippen LogP contribution in [0.5, 0.6) is 0 Å². The van der Waals surface area contributed by atoms with Gasteiger partial charge in [-0.3, -0.25) is 0 Å². The Kier molecular flexibility index (Phi) is 14.1. The van der Waals surface area contributed by atoms with Crippen LogP contribution in [0.2, 0.25) is 0 Å². The van der Waals surface area contributed by atoms with Gasteiger partial charge >= 0.3 is 8.25 Å². The van der Waals surface area contributed by atoms with Gasteiger partial charge in [-0.2, -0.15) is 0 Å². The second-order valence-electron chi connectivity index (χ2n) is 1.84. The molecule has 0 heterocycles. The molecule has 0 radical (unpaired) electrons. The molecule has 16 heavy (non-hydrogen) atoms. The van der Waals surface area contributed by atoms with Crippen LogP contribution in [0.3, 0.4) is 0 Å². The molecule has 94 valence electrons. The molecule has 7 nitrogen and oxygen atoms in total. The number of aliphatic carboxylic acids is 2. The Morgan fingerprint density at radius 3 is 1.50 bits per heavy atom. The molecule has 0 aromatic carbocycles. The fraction of sp³-hybridized carbons (Fsp3) is 0.667. The molecule has 0 aliphatic heterocycles. The first kappa shape index (κ1) is 17.9. The molecule has 0 fully saturated rings. The molecule has 10 heteroatoms. The lowest BCUT2D eigenvalue weighted by atomic mass is 10.7. The van der Waals surface area contributed by atoms with Gasteiger partial charge in [0.2, 0.25) is 0 Å². The number of rotatable bonds is 6. The number of halogens is 2. The molecule has 0 aromatic heterocycles. The van der Waals surface area contributed by atoms with Crippen LogP contribution in [0, 0.1) is 0 Å². The van der Waals surface area contributed by atoms with Crippen LogP contribution < -0.4 is 10.2 Å². The zero-order chi connectivity index (χ0) is 13.0. The van der Waals surface area contributed by atoms with Gasteiger partial charge in [-0.25, -0.2) is 0 Å². The molecule has 0 bridgehead atoms. The minimum absolute atomic E-state index is 0.235. The van der Waals surface area contributed by atoms with Gasteiger partial charge in [0.25, 0.3) is 0 Å². The molecule has 0 saturated carbocycles. The molecule has 0 aliphatic carbocycles. The summed E-state index contributed by atoms with van der Waals surface area (Å²) in [6, 6.07) is 0. The third kappa shape index (κ3) is 16.0. The minimum atomic E-state index is -2.19. The van der Waals surface area contributed by atoms with Crippen LogP contribution in [0.1, 0.15) is 0 Å². The number of carboxylic acids is 2. The number of alkyl halides is 2. The van der Waals surface area contributed by atoms with E-state index in [2.05, 4.69) is 9.05 Å². The maximum absolute atomic E-state index is 10.5. The van der Waals surface area contributed by atoms with Crippen molar-refractivity contribution in [3.8, 4) is 0 Å². The van der Waals surface area contributed by atoms with Gasteiger partial charge in [-0.05, 0) is 0 Å². The Labute approximate surface area is 102 Å². The van der Waals surface area contributed by atoms with E-state index < -0.39 is 20.2 Å². The number of carbonyl (C=O) groups is 2. The largest absolute Gasteiger partial charge is 0.697 e. The minimum Gasteiger partial charge on any atom is -0.543 e. The highest BCUT2D eigenvalue weighted by Gasteiger charge is 2.18. The summed E-state index contributed by atoms with van der Waals surface area (Å²) < 4.78 is 19.7. The molecule has 0 amide bonds. The van der Waals surface area contributed by atoms with Crippen molar-refractivity contribution in [2.45, 2.75) is 0 Å². The molecule has 0 rings (SSSR count). The second-order valence-corrected chi connectivity index (χ2v) is 3.56. The van der Waals surface area contributed by atoms with E-state index in [-0.39, 0.29) is 13.2 Å². The summed E-state index contributed by atoms with van der Waals surface area (Å²) in [6.45, 7) is 0.470. The summed E-state index contributed by atoms with van der Waals surface area (Å²) in [7, 11) is -2.01. The van der Waals surface area contributed by atoms with Gasteiger partial charge in [-0.15, -0.1) is 32.2 Å². The van der Waals surface area contributed by atoms with E-state index in [1.807, 2.05) is 0 Å². The van der Waals surface area contributed by atoms with E-state index in [0.29, 0.717) is 11.8 Å². The summed E-state index contributed by atoms with van der Waals surface area (Å²) in [4.78, 5) is 17.9. The summed E-state index contributed by atoms with van der Waals surface area (Å²) in [5.74, 6) is -3.75. The lowest BCUT2D eigenvalue weighted by Crippen LogP contribution is -2.42. The second kappa shape index (κ2) is 12.6. The fourth-order valence-corrected chi connectivity index (χ4v) is 1.18. The van der Waals surface area contributed by atoms with Gasteiger partial charge in [0.05, 0.1) is 23.7 Å². The van der Waals surface area contributed by atoms with Crippen molar-refractivity contribution < 1.29 is 33.4 Å². The normalized spacial score (nSPS) is 8.88. The molecule has 0 atom stereocenters. The first-order valence-electron chi connectivity index (χ1n) is 3.73. The van der Waals surface area contributed by atoms with Gasteiger partial charge in [0.1, 0.15) is 13.2 Å². The quantitative estimate of drug-likeness (QED) is 0.337. The molecule has 0 unspecified atom stereocenters. The molecule has 0 N–H and O–H groups in total. The molecule has 0 spiro atoms. The summed E-state index contributed by atoms with van der Waals surface area (Å²) in [6.07, 6.45) is 0. The zero-order valence-electron chi connectivity index (χ0n) is 7.89. The number of hydrogen-bond donors (Lipinski definition) is 0. The van der Waals surface area contributed by atoms with Crippen LogP contribution in [-0.2, 0) is 23.2 Å². The molecule has 0 aromatic rings. The molecule has 0 aliphatic rings. The Hall–Kier alpha value is -0.460. The lowest BCUT2D eigenvalue weighted by Gasteiger charge is -1.97. The Balaban J connectivity index is 0. The Morgan fingerprint density at radius 2 is 1.31 bits per heavy atom. The summed E-state index contributed by atoms with van der Waals surface area (Å²) >= 11 is 10.5. The van der Waals surface area contributed by atoms with E-state index in [4.69, 9.17) is 43.0 Å². The van der Waals surface area contributed by atoms with Gasteiger partial charge in [0, 0.05) is 4.57 Å². The topological polar surface area (TPSA) is 116 Å². The number of carboxylic acid groups (broad SMARTS) is 2. The molecule has 0 saturated heterocycles. The zero-order valence-corrected chi connectivity index (χ0v) is 10.3. The highest BCUT2D eigenvalue weighted by molar-refractivity contribution is 7.33. The maximum Gasteiger partial charge on any atom is 0.697 e. The van der Waals surface area contributed by atoms with Crippen molar-refractivity contribution >= 4 is 43.4 Å². The van der Waals surface area contributed by atoms with Gasteiger partial charge in [-0.1, -0.05) is 0 Å². The van der Waals surface area contributed by atoms with Crippen molar-refractivity contribution in [1.82, 2.24) is 0 Å². The molecular formula is C6H8Cl2O7P-. The van der Waals surface area contributed by atoms with E-state index in [1.165, 1.54) is 0 Å². The van der Waals surface area contributed by atoms with Crippen LogP contribution >= 0.6 is 31.5 Å². The third-order valence-corrected chi connectivity index (χ3v) is 1.81. The monoisotopic (exact) mass is 293 g/mol. The third-order valence-electron chi connectivity index (χ3n) is 0.714. The van der Waals surface area contributed by atoms with Crippen LogP contribution in [-0.4, -0.2) is 36.9 Å². The first-order chi connectivity index (χ1) is 7.45. The molecular weight excluding hydrogens is 286 g/mol. The van der Waals surface area contributed by atoms with Crippen LogP contribution in [0.25, 0.3) is 0 Å². The lowest BCUT2D eigenvalue weighted by molar-refractivity contribution is -0.345. The highest BCUT2D eigenvalue weighted by Crippen LogP contribution is 2.22. The van der Waals surface area contributed by atoms with Crippen molar-refractivity contribution in [2.24, 2.45) is 0 Å². The van der Waals surface area contributed by atoms with Crippen LogP contribution in [0.4, 0.5) is 0 Å². The number of carbonyl (C=O) groups excluding carboxylic acids is 2. The predicted molar refractivity (Wildman–Crippen MR) is 51.0 cm³/mol. The summed E-state index contributed by atoms with van der Waals surface area (Å²) in [5, 5.41) is 17.9. The van der Waals surface area contributed by atoms with Crippen molar-refractivity contribution in [2.75, 3.05) is 25.0 Å². The van der Waals surface area contributed by atoms with Gasteiger partial charge in [0.15, 0.2) is 0 Å². The average Bonchev–Trinajstić information content (AvgIpc) is 2.24. The van der Waals surface area contributed by atoms with E-state index in [0.717, 1.165) is 0 Å². The standard InChI is InChI=1S/C4H8Cl2O3P.C2H2O4/c5-1-3-8-10(7)9-4-2-6;3-1(4)2(5)6/h1-4H2;(H,3,4)(H,5,6)/q+1;/p-2. The van der Waals surface area contributed by atoms with Crippen molar-refractivity contribution in [3.63, 3.8) is 0 Å². The average molecular weight is 294 g/mol. The smallest absolute Gasteiger partial charge is 0.543 e. The van der Waals surface area contributed by atoms with Crippen molar-refractivity contribution in [3.05, 3.63) is 0 Å². The Morgan fingerprint density at radius 1 is 1.00 bits per heavy atom. The highest BCUT2D eigenvalue weighted by atomic mass is 35.5. The maximum atomic E-state index is 10.5. The fourth-order valence-electron chi connectivity index (χ4n) is 0.255.